The summed E-state index contributed by atoms with van der Waals surface area (Å²) >= 11 is 5.59. The molecule has 0 bridgehead atoms. The molecule has 0 aromatic carbocycles. The highest BCUT2D eigenvalue weighted by Gasteiger charge is 2.19. The molecular weight excluding hydrogens is 346 g/mol. The van der Waals surface area contributed by atoms with Crippen LogP contribution in [0.2, 0.25) is 0 Å². The number of anilines is 1. The molecule has 2 aromatic heterocycles. The third-order valence-corrected chi connectivity index (χ3v) is 3.76. The van der Waals surface area contributed by atoms with Gasteiger partial charge < -0.3 is 19.2 Å². The predicted octanol–water partition coefficient (Wildman–Crippen LogP) is 2.06. The molecule has 0 aliphatic heterocycles. The van der Waals surface area contributed by atoms with Gasteiger partial charge in [-0.25, -0.2) is 4.79 Å². The minimum atomic E-state index is -0.885. The van der Waals surface area contributed by atoms with Gasteiger partial charge in [-0.1, -0.05) is 11.6 Å². The van der Waals surface area contributed by atoms with Gasteiger partial charge in [-0.2, -0.15) is 0 Å². The van der Waals surface area contributed by atoms with E-state index in [0.717, 1.165) is 18.7 Å². The monoisotopic (exact) mass is 363 g/mol. The van der Waals surface area contributed by atoms with Crippen LogP contribution in [0.25, 0.3) is 10.9 Å². The molecule has 0 radical (unpaired) electrons. The van der Waals surface area contributed by atoms with E-state index in [1.54, 1.807) is 19.4 Å². The lowest BCUT2D eigenvalue weighted by Crippen LogP contribution is -2.23. The summed E-state index contributed by atoms with van der Waals surface area (Å²) in [5.41, 5.74) is 0.372. The number of esters is 1. The quantitative estimate of drug-likeness (QED) is 0.538. The average molecular weight is 364 g/mol. The number of methoxy groups -OCH3 is 1. The number of pyridine rings is 1. The summed E-state index contributed by atoms with van der Waals surface area (Å²) in [7, 11) is 2.79. The minimum Gasteiger partial charge on any atom is -0.464 e. The van der Waals surface area contributed by atoms with E-state index in [2.05, 4.69) is 10.1 Å². The molecule has 0 amide bonds. The normalized spacial score (nSPS) is 11.4. The van der Waals surface area contributed by atoms with Crippen LogP contribution in [0.15, 0.2) is 35.0 Å². The Morgan fingerprint density at radius 1 is 1.44 bits per heavy atom. The van der Waals surface area contributed by atoms with Crippen molar-refractivity contribution < 1.29 is 9.53 Å². The van der Waals surface area contributed by atoms with Crippen molar-refractivity contribution in [2.24, 2.45) is 7.05 Å². The molecular formula is C16H18ClN5O3. The molecule has 2 aromatic rings. The van der Waals surface area contributed by atoms with E-state index < -0.39 is 11.7 Å². The predicted molar refractivity (Wildman–Crippen MR) is 97.9 cm³/mol. The Kier molecular flexibility index (Phi) is 5.43. The van der Waals surface area contributed by atoms with E-state index in [4.69, 9.17) is 22.4 Å². The lowest BCUT2D eigenvalue weighted by molar-refractivity contribution is -0.132. The highest BCUT2D eigenvalue weighted by atomic mass is 35.5. The van der Waals surface area contributed by atoms with Crippen LogP contribution >= 0.6 is 11.6 Å². The second-order valence-electron chi connectivity index (χ2n) is 5.22. The summed E-state index contributed by atoms with van der Waals surface area (Å²) in [4.78, 5) is 24.2. The standard InChI is InChI=1S/C16H18ClN5O3/c1-4-22-8-10(13-11(22)5-6-21(2)15(13)23)20-9(7-12(17)18)14(19)16(24)25-3/h5-8,18-20H,4H2,1-3H3/b9-7+,18-12?,19-14?. The lowest BCUT2D eigenvalue weighted by Gasteiger charge is -2.10. The number of ether oxygens (including phenoxy) is 1. The van der Waals surface area contributed by atoms with Gasteiger partial charge in [-0.05, 0) is 13.0 Å². The number of aromatic nitrogens is 2. The Morgan fingerprint density at radius 3 is 2.68 bits per heavy atom. The largest absolute Gasteiger partial charge is 0.464 e. The lowest BCUT2D eigenvalue weighted by atomic mass is 10.2. The first-order chi connectivity index (χ1) is 11.8. The molecule has 2 heterocycles. The topological polar surface area (TPSA) is 113 Å². The molecule has 8 nitrogen and oxygen atoms in total. The second-order valence-corrected chi connectivity index (χ2v) is 5.63. The van der Waals surface area contributed by atoms with Crippen LogP contribution in [0.5, 0.6) is 0 Å². The van der Waals surface area contributed by atoms with Gasteiger partial charge in [0.25, 0.3) is 5.56 Å². The fourth-order valence-electron chi connectivity index (χ4n) is 2.41. The van der Waals surface area contributed by atoms with Crippen molar-refractivity contribution in [2.45, 2.75) is 13.5 Å². The fraction of sp³-hybridized carbons (Fsp3) is 0.250. The van der Waals surface area contributed by atoms with Crippen molar-refractivity contribution in [3.05, 3.63) is 40.6 Å². The summed E-state index contributed by atoms with van der Waals surface area (Å²) in [6.45, 7) is 2.56. The number of nitrogens with zero attached hydrogens (tertiary/aromatic N) is 2. The van der Waals surface area contributed by atoms with Gasteiger partial charge in [0.1, 0.15) is 5.17 Å². The van der Waals surface area contributed by atoms with Crippen LogP contribution in [0, 0.1) is 10.8 Å². The van der Waals surface area contributed by atoms with E-state index >= 15 is 0 Å². The summed E-state index contributed by atoms with van der Waals surface area (Å²) in [5.74, 6) is -0.885. The summed E-state index contributed by atoms with van der Waals surface area (Å²) in [6, 6.07) is 1.81. The number of aryl methyl sites for hydroxylation is 2. The third kappa shape index (κ3) is 3.63. The van der Waals surface area contributed by atoms with E-state index in [-0.39, 0.29) is 16.4 Å². The number of halogens is 1. The van der Waals surface area contributed by atoms with Gasteiger partial charge in [-0.3, -0.25) is 15.6 Å². The molecule has 0 saturated carbocycles. The van der Waals surface area contributed by atoms with Crippen molar-refractivity contribution in [1.82, 2.24) is 9.13 Å². The molecule has 0 aliphatic rings. The maximum absolute atomic E-state index is 12.5. The van der Waals surface area contributed by atoms with Gasteiger partial charge in [0.05, 0.1) is 29.4 Å². The van der Waals surface area contributed by atoms with Gasteiger partial charge >= 0.3 is 5.97 Å². The number of hydrogen-bond donors (Lipinski definition) is 3. The average Bonchev–Trinajstić information content (AvgIpc) is 2.94. The van der Waals surface area contributed by atoms with Crippen LogP contribution in [0.4, 0.5) is 5.69 Å². The Labute approximate surface area is 148 Å². The number of rotatable bonds is 6. The zero-order valence-electron chi connectivity index (χ0n) is 14.0. The zero-order valence-corrected chi connectivity index (χ0v) is 14.8. The number of hydrogen-bond acceptors (Lipinski definition) is 6. The molecule has 25 heavy (non-hydrogen) atoms. The van der Waals surface area contributed by atoms with E-state index in [0.29, 0.717) is 17.6 Å². The van der Waals surface area contributed by atoms with Crippen LogP contribution in [0.1, 0.15) is 6.92 Å². The number of carbonyl (C=O) groups is 1. The molecule has 132 valence electrons. The van der Waals surface area contributed by atoms with Crippen molar-refractivity contribution in [3.63, 3.8) is 0 Å². The zero-order chi connectivity index (χ0) is 18.7. The number of carbonyl (C=O) groups excluding carboxylic acids is 1. The third-order valence-electron chi connectivity index (χ3n) is 3.65. The number of allylic oxidation sites excluding steroid dienone is 1. The first-order valence-electron chi connectivity index (χ1n) is 7.38. The van der Waals surface area contributed by atoms with Gasteiger partial charge in [0.2, 0.25) is 0 Å². The van der Waals surface area contributed by atoms with Crippen molar-refractivity contribution in [2.75, 3.05) is 12.4 Å². The number of nitrogens with one attached hydrogen (secondary N) is 3. The Morgan fingerprint density at radius 2 is 2.12 bits per heavy atom. The minimum absolute atomic E-state index is 0.0343. The Hall–Kier alpha value is -2.87. The van der Waals surface area contributed by atoms with E-state index in [9.17, 15) is 9.59 Å². The van der Waals surface area contributed by atoms with Crippen LogP contribution < -0.4 is 10.9 Å². The van der Waals surface area contributed by atoms with Gasteiger partial charge in [0.15, 0.2) is 5.71 Å². The molecule has 3 N–H and O–H groups in total. The van der Waals surface area contributed by atoms with Crippen LogP contribution in [-0.4, -0.2) is 33.1 Å². The maximum Gasteiger partial charge on any atom is 0.358 e. The molecule has 0 saturated heterocycles. The maximum atomic E-state index is 12.5. The fourth-order valence-corrected chi connectivity index (χ4v) is 2.52. The van der Waals surface area contributed by atoms with Crippen LogP contribution in [-0.2, 0) is 23.1 Å². The number of fused-ring (bicyclic) bond motifs is 1. The van der Waals surface area contributed by atoms with Crippen LogP contribution in [0.3, 0.4) is 0 Å². The smallest absolute Gasteiger partial charge is 0.358 e. The Bertz CT molecular complexity index is 955. The molecule has 0 aliphatic carbocycles. The summed E-state index contributed by atoms with van der Waals surface area (Å²) < 4.78 is 7.84. The van der Waals surface area contributed by atoms with Crippen molar-refractivity contribution in [1.29, 1.82) is 10.8 Å². The van der Waals surface area contributed by atoms with Crippen molar-refractivity contribution >= 4 is 45.0 Å². The van der Waals surface area contributed by atoms with E-state index in [1.165, 1.54) is 4.57 Å². The highest BCUT2D eigenvalue weighted by Crippen LogP contribution is 2.24. The molecule has 0 unspecified atom stereocenters. The SMILES string of the molecule is CCn1cc(N/C(=C/C(=N)Cl)C(=N)C(=O)OC)c2c(=O)n(C)ccc21. The van der Waals surface area contributed by atoms with Gasteiger partial charge in [0, 0.05) is 32.1 Å². The molecule has 2 rings (SSSR count). The Balaban J connectivity index is 2.62. The first kappa shape index (κ1) is 18.5. The van der Waals surface area contributed by atoms with Gasteiger partial charge in [-0.15, -0.1) is 0 Å². The molecule has 9 heteroatoms. The van der Waals surface area contributed by atoms with E-state index in [1.807, 2.05) is 17.6 Å². The summed E-state index contributed by atoms with van der Waals surface area (Å²) in [5, 5.41) is 18.2. The molecule has 0 spiro atoms. The first-order valence-corrected chi connectivity index (χ1v) is 7.76. The second kappa shape index (κ2) is 7.35. The molecule has 0 atom stereocenters. The molecule has 0 fully saturated rings. The van der Waals surface area contributed by atoms with Crippen molar-refractivity contribution in [3.8, 4) is 0 Å². The highest BCUT2D eigenvalue weighted by molar-refractivity contribution is 6.68. The summed E-state index contributed by atoms with van der Waals surface area (Å²) in [6.07, 6.45) is 4.49.